The molecule has 0 heterocycles. The van der Waals surface area contributed by atoms with Gasteiger partial charge >= 0.3 is 5.97 Å². The maximum Gasteiger partial charge on any atom is 0.310 e. The van der Waals surface area contributed by atoms with Crippen molar-refractivity contribution in [3.63, 3.8) is 0 Å². The number of hydrogen-bond donors (Lipinski definition) is 1. The third kappa shape index (κ3) is 48.3. The number of halogens is 2. The number of unbranched alkanes of at least 4 members (excludes halogenated alkanes) is 5. The molecule has 0 aliphatic rings. The Bertz CT molecular complexity index is 781. The van der Waals surface area contributed by atoms with Crippen LogP contribution in [0.5, 0.6) is 0 Å². The largest absolute Gasteiger partial charge is 0.481 e. The van der Waals surface area contributed by atoms with E-state index in [-0.39, 0.29) is 41.8 Å². The Morgan fingerprint density at radius 1 is 0.951 bits per heavy atom. The summed E-state index contributed by atoms with van der Waals surface area (Å²) in [5.74, 6) is -3.56. The number of carbonyl (C=O) groups is 1. The van der Waals surface area contributed by atoms with Crippen LogP contribution in [0.3, 0.4) is 0 Å². The van der Waals surface area contributed by atoms with Gasteiger partial charge in [0.25, 0.3) is 0 Å². The first-order valence-corrected chi connectivity index (χ1v) is 13.8. The number of carboxylic acid groups (broad SMARTS) is 1. The number of carboxylic acids is 1. The summed E-state index contributed by atoms with van der Waals surface area (Å²) in [5, 5.41) is 8.92. The molecule has 0 spiro atoms. The van der Waals surface area contributed by atoms with Crippen LogP contribution in [0.4, 0.5) is 8.78 Å². The Kier molecular flexibility index (Phi) is 43.5. The van der Waals surface area contributed by atoms with E-state index in [2.05, 4.69) is 65.5 Å². The van der Waals surface area contributed by atoms with Crippen molar-refractivity contribution in [3.05, 3.63) is 98.3 Å². The first-order valence-electron chi connectivity index (χ1n) is 13.8. The number of benzene rings is 2. The smallest absolute Gasteiger partial charge is 0.310 e. The third-order valence-electron chi connectivity index (χ3n) is 4.70. The molecule has 1 N–H and O–H groups in total. The molecule has 41 heavy (non-hydrogen) atoms. The number of aliphatic carboxylic acids is 1. The molecule has 0 amide bonds. The van der Waals surface area contributed by atoms with E-state index in [4.69, 9.17) is 5.11 Å². The molecular formula is C36H60F2O2W-4. The zero-order chi connectivity index (χ0) is 30.0. The van der Waals surface area contributed by atoms with Crippen LogP contribution in [0.2, 0.25) is 0 Å². The summed E-state index contributed by atoms with van der Waals surface area (Å²) in [7, 11) is 0. The van der Waals surface area contributed by atoms with Crippen LogP contribution in [-0.2, 0) is 25.9 Å². The van der Waals surface area contributed by atoms with Crippen LogP contribution in [0.1, 0.15) is 110 Å². The van der Waals surface area contributed by atoms with Crippen molar-refractivity contribution >= 4 is 5.97 Å². The fraction of sp³-hybridized carbons (Fsp3) is 0.528. The van der Waals surface area contributed by atoms with E-state index in [0.717, 1.165) is 38.7 Å². The van der Waals surface area contributed by atoms with Gasteiger partial charge in [-0.3, -0.25) is 4.79 Å². The van der Waals surface area contributed by atoms with Crippen molar-refractivity contribution in [1.29, 1.82) is 0 Å². The molecule has 2 aromatic carbocycles. The van der Waals surface area contributed by atoms with Gasteiger partial charge < -0.3 is 20.0 Å². The monoisotopic (exact) mass is 746 g/mol. The SMILES string of the molecule is C=C(C)C(CCCCCCCC)C(=O)O.CC(C)(F)F.CCC.Cc1[c-]ccc(C)c1.Cc1c[c-]ccc1.[CH3-].[CH3-].[W]. The second kappa shape index (κ2) is 34.4. The summed E-state index contributed by atoms with van der Waals surface area (Å²) in [6.07, 6.45) is 9.21. The van der Waals surface area contributed by atoms with Crippen LogP contribution in [0.15, 0.2) is 54.6 Å². The van der Waals surface area contributed by atoms with Gasteiger partial charge in [-0.25, -0.2) is 8.78 Å². The van der Waals surface area contributed by atoms with Gasteiger partial charge in [0.15, 0.2) is 0 Å². The average Bonchev–Trinajstić information content (AvgIpc) is 2.79. The predicted molar refractivity (Wildman–Crippen MR) is 174 cm³/mol. The summed E-state index contributed by atoms with van der Waals surface area (Å²) < 4.78 is 22.0. The third-order valence-corrected chi connectivity index (χ3v) is 4.70. The van der Waals surface area contributed by atoms with E-state index in [1.54, 1.807) is 6.92 Å². The molecule has 1 atom stereocenters. The zero-order valence-electron chi connectivity index (χ0n) is 28.0. The number of hydrogen-bond acceptors (Lipinski definition) is 1. The maximum absolute atomic E-state index is 11.0. The quantitative estimate of drug-likeness (QED) is 0.158. The molecule has 0 saturated carbocycles. The molecule has 0 fully saturated rings. The molecule has 0 aliphatic heterocycles. The van der Waals surface area contributed by atoms with E-state index in [0.29, 0.717) is 0 Å². The summed E-state index contributed by atoms with van der Waals surface area (Å²) in [5.41, 5.74) is 4.56. The van der Waals surface area contributed by atoms with E-state index >= 15 is 0 Å². The molecule has 2 nitrogen and oxygen atoms in total. The van der Waals surface area contributed by atoms with E-state index in [1.807, 2.05) is 37.3 Å². The summed E-state index contributed by atoms with van der Waals surface area (Å²) in [6.45, 7) is 19.9. The predicted octanol–water partition coefficient (Wildman–Crippen LogP) is 11.9. The second-order valence-corrected chi connectivity index (χ2v) is 9.96. The van der Waals surface area contributed by atoms with Crippen LogP contribution in [0.25, 0.3) is 0 Å². The first kappa shape index (κ1) is 51.9. The minimum absolute atomic E-state index is 0. The Hall–Kier alpha value is -1.80. The molecule has 0 radical (unpaired) electrons. The Morgan fingerprint density at radius 3 is 1.73 bits per heavy atom. The van der Waals surface area contributed by atoms with Gasteiger partial charge in [0.2, 0.25) is 5.92 Å². The van der Waals surface area contributed by atoms with Gasteiger partial charge in [-0.1, -0.05) is 98.6 Å². The molecule has 5 heteroatoms. The number of alkyl halides is 2. The number of aryl methyl sites for hydroxylation is 3. The normalized spacial score (nSPS) is 9.73. The Labute approximate surface area is 268 Å². The van der Waals surface area contributed by atoms with Crippen molar-refractivity contribution < 1.29 is 39.7 Å². The van der Waals surface area contributed by atoms with E-state index in [1.165, 1.54) is 48.8 Å². The molecule has 0 bridgehead atoms. The number of rotatable bonds is 9. The maximum atomic E-state index is 11.0. The Balaban J connectivity index is -0.000000101. The van der Waals surface area contributed by atoms with Gasteiger partial charge in [-0.2, -0.15) is 71.3 Å². The van der Waals surface area contributed by atoms with E-state index in [9.17, 15) is 13.6 Å². The molecule has 0 aliphatic carbocycles. The molecule has 0 saturated heterocycles. The van der Waals surface area contributed by atoms with Crippen LogP contribution < -0.4 is 0 Å². The Morgan fingerprint density at radius 2 is 1.44 bits per heavy atom. The van der Waals surface area contributed by atoms with Crippen molar-refractivity contribution in [2.45, 2.75) is 120 Å². The average molecular weight is 747 g/mol. The zero-order valence-corrected chi connectivity index (χ0v) is 30.9. The summed E-state index contributed by atoms with van der Waals surface area (Å²) >= 11 is 0. The van der Waals surface area contributed by atoms with Crippen LogP contribution >= 0.6 is 0 Å². The topological polar surface area (TPSA) is 37.3 Å². The minimum Gasteiger partial charge on any atom is -0.481 e. The molecule has 2 rings (SSSR count). The van der Waals surface area contributed by atoms with Gasteiger partial charge in [0.1, 0.15) is 0 Å². The standard InChI is InChI=1S/C13H24O2.C8H9.C7H7.C3H6F2.C3H8.2CH3.W/c1-4-5-6-7-8-9-10-12(11(2)3)13(14)15;1-7-4-3-5-8(2)6-7;1-7-5-3-2-4-6-7;1-3(2,4)5;1-3-2;;;/h12H,2,4-10H2,1,3H3,(H,14,15);3-4,6H,1-2H3;2-3,5-6H,1H3;1-2H3;3H2,1-2H3;2*1H3;/q;2*-1;;;2*-1;. The van der Waals surface area contributed by atoms with Crippen LogP contribution in [0, 0.1) is 53.7 Å². The van der Waals surface area contributed by atoms with Gasteiger partial charge in [-0.15, -0.1) is 0 Å². The van der Waals surface area contributed by atoms with Gasteiger partial charge in [0.05, 0.1) is 5.92 Å². The fourth-order valence-electron chi connectivity index (χ4n) is 2.93. The fourth-order valence-corrected chi connectivity index (χ4v) is 2.93. The van der Waals surface area contributed by atoms with Gasteiger partial charge in [-0.05, 0) is 27.2 Å². The van der Waals surface area contributed by atoms with Crippen molar-refractivity contribution in [2.24, 2.45) is 5.92 Å². The van der Waals surface area contributed by atoms with Crippen molar-refractivity contribution in [2.75, 3.05) is 0 Å². The van der Waals surface area contributed by atoms with Gasteiger partial charge in [0, 0.05) is 21.1 Å². The van der Waals surface area contributed by atoms with Crippen LogP contribution in [-0.4, -0.2) is 17.0 Å². The second-order valence-electron chi connectivity index (χ2n) is 9.96. The molecule has 2 aromatic rings. The molecule has 1 unspecified atom stereocenters. The molecule has 240 valence electrons. The molecule has 0 aromatic heterocycles. The first-order chi connectivity index (χ1) is 17.7. The van der Waals surface area contributed by atoms with E-state index < -0.39 is 11.9 Å². The molecular weight excluding hydrogens is 686 g/mol. The van der Waals surface area contributed by atoms with Crippen molar-refractivity contribution in [3.8, 4) is 0 Å². The minimum atomic E-state index is -2.50. The summed E-state index contributed by atoms with van der Waals surface area (Å²) in [4.78, 5) is 10.8. The van der Waals surface area contributed by atoms with Crippen molar-refractivity contribution in [1.82, 2.24) is 0 Å². The summed E-state index contributed by atoms with van der Waals surface area (Å²) in [6, 6.07) is 20.0.